The first-order valence-electron chi connectivity index (χ1n) is 8.59. The molecule has 4 aromatic rings. The number of thioether (sulfide) groups is 2. The maximum atomic E-state index is 13.1. The highest BCUT2D eigenvalue weighted by Gasteiger charge is 2.23. The average molecular weight is 514 g/mol. The predicted octanol–water partition coefficient (Wildman–Crippen LogP) is 4.84. The third-order valence-corrected chi connectivity index (χ3v) is 6.22. The predicted molar refractivity (Wildman–Crippen MR) is 112 cm³/mol. The zero-order chi connectivity index (χ0) is 21.1. The van der Waals surface area contributed by atoms with Crippen LogP contribution in [0.3, 0.4) is 0 Å². The molecule has 156 valence electrons. The number of benzene rings is 1. The Hall–Kier alpha value is -2.25. The second-order valence-electron chi connectivity index (χ2n) is 5.95. The highest BCUT2D eigenvalue weighted by Crippen LogP contribution is 2.31. The van der Waals surface area contributed by atoms with Crippen molar-refractivity contribution in [3.05, 3.63) is 40.6 Å². The van der Waals surface area contributed by atoms with Gasteiger partial charge in [0.05, 0.1) is 5.56 Å². The van der Waals surface area contributed by atoms with E-state index in [1.807, 2.05) is 24.3 Å². The molecular formula is C17H14BrF2N7OS2. The van der Waals surface area contributed by atoms with Crippen LogP contribution in [0.5, 0.6) is 0 Å². The summed E-state index contributed by atoms with van der Waals surface area (Å²) in [5.41, 5.74) is 0.705. The highest BCUT2D eigenvalue weighted by molar-refractivity contribution is 9.10. The van der Waals surface area contributed by atoms with Crippen LogP contribution in [-0.4, -0.2) is 46.7 Å². The van der Waals surface area contributed by atoms with Gasteiger partial charge in [0.15, 0.2) is 5.82 Å². The number of aromatic nitrogens is 7. The lowest BCUT2D eigenvalue weighted by Gasteiger charge is -1.96. The second kappa shape index (κ2) is 9.27. The van der Waals surface area contributed by atoms with Crippen molar-refractivity contribution >= 4 is 39.5 Å². The molecule has 30 heavy (non-hydrogen) atoms. The molecule has 3 aromatic heterocycles. The van der Waals surface area contributed by atoms with Gasteiger partial charge in [-0.1, -0.05) is 51.6 Å². The summed E-state index contributed by atoms with van der Waals surface area (Å²) < 4.78 is 33.9. The molecule has 0 unspecified atom stereocenters. The molecular weight excluding hydrogens is 500 g/mol. The smallest absolute Gasteiger partial charge is 0.282 e. The number of hydrogen-bond donors (Lipinski definition) is 1. The summed E-state index contributed by atoms with van der Waals surface area (Å²) >= 11 is 6.25. The number of nitrogens with one attached hydrogen (secondary N) is 1. The number of aryl methyl sites for hydroxylation is 1. The molecule has 1 aromatic carbocycles. The van der Waals surface area contributed by atoms with E-state index in [1.54, 1.807) is 7.05 Å². The third-order valence-electron chi connectivity index (χ3n) is 3.80. The van der Waals surface area contributed by atoms with Crippen LogP contribution in [0.2, 0.25) is 0 Å². The normalized spacial score (nSPS) is 11.5. The van der Waals surface area contributed by atoms with E-state index in [-0.39, 0.29) is 17.1 Å². The van der Waals surface area contributed by atoms with Crippen molar-refractivity contribution in [1.29, 1.82) is 0 Å². The van der Waals surface area contributed by atoms with Crippen LogP contribution < -0.4 is 0 Å². The average Bonchev–Trinajstić information content (AvgIpc) is 3.44. The van der Waals surface area contributed by atoms with Crippen molar-refractivity contribution in [1.82, 2.24) is 35.2 Å². The van der Waals surface area contributed by atoms with Crippen molar-refractivity contribution in [2.45, 2.75) is 16.8 Å². The minimum absolute atomic E-state index is 0.0289. The quantitative estimate of drug-likeness (QED) is 0.264. The number of rotatable bonds is 8. The van der Waals surface area contributed by atoms with Gasteiger partial charge in [0.2, 0.25) is 5.16 Å². The van der Waals surface area contributed by atoms with Crippen molar-refractivity contribution in [3.8, 4) is 22.8 Å². The summed E-state index contributed by atoms with van der Waals surface area (Å²) in [6, 6.07) is 7.78. The van der Waals surface area contributed by atoms with Gasteiger partial charge in [-0.05, 0) is 12.1 Å². The fourth-order valence-corrected chi connectivity index (χ4v) is 4.47. The standard InChI is InChI=1S/C17H14BrF2N7OS2/c1-27-8-11(12(26-27)13(19)20)15-23-25-17(28-15)30-6-5-29-16-21-14(22-24-16)9-3-2-4-10(18)7-9/h2-4,7-8,13H,5-6H2,1H3,(H,21,22,24). The molecule has 0 radical (unpaired) electrons. The van der Waals surface area contributed by atoms with Gasteiger partial charge in [0, 0.05) is 34.8 Å². The van der Waals surface area contributed by atoms with Crippen LogP contribution in [0.25, 0.3) is 22.8 Å². The van der Waals surface area contributed by atoms with Gasteiger partial charge in [-0.15, -0.1) is 15.3 Å². The summed E-state index contributed by atoms with van der Waals surface area (Å²) in [6.45, 7) is 0. The van der Waals surface area contributed by atoms with Gasteiger partial charge in [0.1, 0.15) is 5.69 Å². The van der Waals surface area contributed by atoms with E-state index >= 15 is 0 Å². The first-order valence-corrected chi connectivity index (χ1v) is 11.4. The Morgan fingerprint density at radius 1 is 1.23 bits per heavy atom. The van der Waals surface area contributed by atoms with Crippen LogP contribution in [-0.2, 0) is 7.05 Å². The van der Waals surface area contributed by atoms with Crippen LogP contribution >= 0.6 is 39.5 Å². The largest absolute Gasteiger partial charge is 0.411 e. The van der Waals surface area contributed by atoms with Gasteiger partial charge in [-0.3, -0.25) is 9.78 Å². The Kier molecular flexibility index (Phi) is 6.49. The molecule has 0 fully saturated rings. The van der Waals surface area contributed by atoms with Crippen molar-refractivity contribution in [2.24, 2.45) is 7.05 Å². The van der Waals surface area contributed by atoms with Crippen molar-refractivity contribution in [2.75, 3.05) is 11.5 Å². The first-order chi connectivity index (χ1) is 14.5. The van der Waals surface area contributed by atoms with Crippen LogP contribution in [0.4, 0.5) is 8.78 Å². The summed E-state index contributed by atoms with van der Waals surface area (Å²) in [5, 5.41) is 19.6. The fourth-order valence-electron chi connectivity index (χ4n) is 2.55. The Labute approximate surface area is 186 Å². The van der Waals surface area contributed by atoms with Gasteiger partial charge in [0.25, 0.3) is 17.5 Å². The number of H-pyrrole nitrogens is 1. The van der Waals surface area contributed by atoms with E-state index in [4.69, 9.17) is 4.42 Å². The molecule has 0 atom stereocenters. The van der Waals surface area contributed by atoms with E-state index in [2.05, 4.69) is 46.4 Å². The van der Waals surface area contributed by atoms with E-state index in [1.165, 1.54) is 34.4 Å². The summed E-state index contributed by atoms with van der Waals surface area (Å²) in [7, 11) is 1.56. The summed E-state index contributed by atoms with van der Waals surface area (Å²) in [5.74, 6) is 2.08. The molecule has 0 spiro atoms. The van der Waals surface area contributed by atoms with Crippen LogP contribution in [0, 0.1) is 0 Å². The monoisotopic (exact) mass is 513 g/mol. The first kappa shape index (κ1) is 21.0. The molecule has 1 N–H and O–H groups in total. The number of nitrogens with zero attached hydrogens (tertiary/aromatic N) is 6. The number of halogens is 3. The zero-order valence-electron chi connectivity index (χ0n) is 15.4. The molecule has 0 aliphatic heterocycles. The lowest BCUT2D eigenvalue weighted by Crippen LogP contribution is -1.91. The second-order valence-corrected chi connectivity index (χ2v) is 8.97. The fraction of sp³-hybridized carbons (Fsp3) is 0.235. The Bertz CT molecular complexity index is 1150. The molecule has 8 nitrogen and oxygen atoms in total. The molecule has 4 rings (SSSR count). The van der Waals surface area contributed by atoms with Crippen LogP contribution in [0.1, 0.15) is 12.1 Å². The highest BCUT2D eigenvalue weighted by atomic mass is 79.9. The molecule has 0 bridgehead atoms. The molecule has 0 amide bonds. The lowest BCUT2D eigenvalue weighted by atomic mass is 10.2. The minimum Gasteiger partial charge on any atom is -0.411 e. The molecule has 0 saturated carbocycles. The van der Waals surface area contributed by atoms with Crippen LogP contribution in [0.15, 0.2) is 49.7 Å². The molecule has 3 heterocycles. The summed E-state index contributed by atoms with van der Waals surface area (Å²) in [6.07, 6.45) is -1.28. The maximum absolute atomic E-state index is 13.1. The van der Waals surface area contributed by atoms with E-state index in [0.717, 1.165) is 10.0 Å². The molecule has 13 heteroatoms. The van der Waals surface area contributed by atoms with Crippen molar-refractivity contribution in [3.63, 3.8) is 0 Å². The SMILES string of the molecule is Cn1cc(-c2nnc(SCCSc3n[nH]c(-c4cccc(Br)c4)n3)o2)c(C(F)F)n1. The Balaban J connectivity index is 1.31. The van der Waals surface area contributed by atoms with Gasteiger partial charge >= 0.3 is 0 Å². The van der Waals surface area contributed by atoms with E-state index in [9.17, 15) is 8.78 Å². The third kappa shape index (κ3) is 4.90. The molecule has 0 saturated heterocycles. The summed E-state index contributed by atoms with van der Waals surface area (Å²) in [4.78, 5) is 4.47. The van der Waals surface area contributed by atoms with Crippen molar-refractivity contribution < 1.29 is 13.2 Å². The van der Waals surface area contributed by atoms with E-state index in [0.29, 0.717) is 27.7 Å². The molecule has 0 aliphatic rings. The number of aromatic amines is 1. The Morgan fingerprint density at radius 2 is 2.07 bits per heavy atom. The topological polar surface area (TPSA) is 98.3 Å². The lowest BCUT2D eigenvalue weighted by molar-refractivity contribution is 0.145. The maximum Gasteiger partial charge on any atom is 0.282 e. The number of hydrogen-bond acceptors (Lipinski definition) is 8. The van der Waals surface area contributed by atoms with Gasteiger partial charge in [-0.25, -0.2) is 13.8 Å². The van der Waals surface area contributed by atoms with E-state index < -0.39 is 6.43 Å². The van der Waals surface area contributed by atoms with Gasteiger partial charge < -0.3 is 4.42 Å². The number of alkyl halides is 2. The molecule has 0 aliphatic carbocycles. The Morgan fingerprint density at radius 3 is 2.87 bits per heavy atom. The zero-order valence-corrected chi connectivity index (χ0v) is 18.6. The minimum atomic E-state index is -2.72. The van der Waals surface area contributed by atoms with Gasteiger partial charge in [-0.2, -0.15) is 5.10 Å².